The minimum atomic E-state index is -0.821. The third-order valence-electron chi connectivity index (χ3n) is 7.04. The van der Waals surface area contributed by atoms with Crippen LogP contribution in [0.4, 0.5) is 0 Å². The van der Waals surface area contributed by atoms with Gasteiger partial charge in [-0.25, -0.2) is 9.59 Å². The molecule has 0 saturated heterocycles. The number of unbranched alkanes of at least 4 members (excludes halogenated alkanes) is 19. The number of hydrogen-bond acceptors (Lipinski definition) is 4. The maximum absolute atomic E-state index is 12.3. The van der Waals surface area contributed by atoms with Crippen LogP contribution >= 0.6 is 0 Å². The highest BCUT2D eigenvalue weighted by Crippen LogP contribution is 2.16. The van der Waals surface area contributed by atoms with Crippen LogP contribution in [0.1, 0.15) is 152 Å². The summed E-state index contributed by atoms with van der Waals surface area (Å²) in [5, 5.41) is 0. The van der Waals surface area contributed by atoms with Crippen LogP contribution in [0.25, 0.3) is 0 Å². The van der Waals surface area contributed by atoms with E-state index < -0.39 is 18.0 Å². The highest BCUT2D eigenvalue weighted by molar-refractivity contribution is 5.91. The average molecular weight is 503 g/mol. The number of carbonyl (C=O) groups excluding carboxylic acids is 2. The van der Waals surface area contributed by atoms with Gasteiger partial charge < -0.3 is 9.47 Å². The molecule has 0 fully saturated rings. The first kappa shape index (κ1) is 32.2. The van der Waals surface area contributed by atoms with E-state index in [0.717, 1.165) is 12.8 Å². The summed E-state index contributed by atoms with van der Waals surface area (Å²) >= 11 is 0. The third kappa shape index (κ3) is 17.6. The van der Waals surface area contributed by atoms with Crippen LogP contribution in [0.15, 0.2) is 30.3 Å². The molecule has 36 heavy (non-hydrogen) atoms. The fourth-order valence-corrected chi connectivity index (χ4v) is 4.71. The van der Waals surface area contributed by atoms with Crippen LogP contribution in [-0.4, -0.2) is 25.2 Å². The molecule has 0 bridgehead atoms. The number of hydrogen-bond donors (Lipinski definition) is 0. The van der Waals surface area contributed by atoms with Gasteiger partial charge in [-0.15, -0.1) is 0 Å². The molecule has 0 heterocycles. The second-order valence-corrected chi connectivity index (χ2v) is 10.3. The summed E-state index contributed by atoms with van der Waals surface area (Å²) in [6, 6.07) is 8.78. The van der Waals surface area contributed by atoms with Crippen molar-refractivity contribution >= 4 is 11.9 Å². The Kier molecular flexibility index (Phi) is 21.1. The molecule has 0 aliphatic heterocycles. The molecule has 1 atom stereocenters. The Labute approximate surface area is 221 Å². The van der Waals surface area contributed by atoms with Crippen LogP contribution in [-0.2, 0) is 14.3 Å². The highest BCUT2D eigenvalue weighted by Gasteiger charge is 2.23. The maximum atomic E-state index is 12.3. The molecule has 0 aliphatic carbocycles. The van der Waals surface area contributed by atoms with Gasteiger partial charge in [0.05, 0.1) is 12.7 Å². The standard InChI is InChI=1S/C32H54O4/c1-3-4-5-6-7-8-9-10-11-12-13-14-15-16-17-18-19-20-21-25-28-30(32(34)35-2)36-31(33)29-26-23-22-24-27-29/h22-24,26-27,30H,3-21,25,28H2,1-2H3/t30-/m0/s1. The molecule has 0 radical (unpaired) electrons. The van der Waals surface area contributed by atoms with Crippen molar-refractivity contribution in [1.29, 1.82) is 0 Å². The average Bonchev–Trinajstić information content (AvgIpc) is 2.91. The molecule has 206 valence electrons. The van der Waals surface area contributed by atoms with Crippen LogP contribution in [0.5, 0.6) is 0 Å². The summed E-state index contributed by atoms with van der Waals surface area (Å²) in [5.74, 6) is -0.948. The zero-order valence-electron chi connectivity index (χ0n) is 23.4. The second-order valence-electron chi connectivity index (χ2n) is 10.3. The molecule has 0 saturated carbocycles. The Bertz CT molecular complexity index is 643. The molecule has 1 aromatic rings. The van der Waals surface area contributed by atoms with Gasteiger partial charge in [0.15, 0.2) is 6.10 Å². The maximum Gasteiger partial charge on any atom is 0.347 e. The predicted octanol–water partition coefficient (Wildman–Crippen LogP) is 9.60. The minimum absolute atomic E-state index is 0.454. The summed E-state index contributed by atoms with van der Waals surface area (Å²) in [5.41, 5.74) is 0.454. The van der Waals surface area contributed by atoms with E-state index in [0.29, 0.717) is 12.0 Å². The predicted molar refractivity (Wildman–Crippen MR) is 150 cm³/mol. The molecule has 0 amide bonds. The largest absolute Gasteiger partial charge is 0.466 e. The molecule has 1 aromatic carbocycles. The Morgan fingerprint density at radius 1 is 0.611 bits per heavy atom. The van der Waals surface area contributed by atoms with Crippen LogP contribution in [0, 0.1) is 0 Å². The van der Waals surface area contributed by atoms with Gasteiger partial charge in [0.2, 0.25) is 0 Å². The van der Waals surface area contributed by atoms with Crippen LogP contribution in [0.2, 0.25) is 0 Å². The van der Waals surface area contributed by atoms with E-state index in [1.54, 1.807) is 24.3 Å². The fourth-order valence-electron chi connectivity index (χ4n) is 4.71. The van der Waals surface area contributed by atoms with Gasteiger partial charge >= 0.3 is 11.9 Å². The lowest BCUT2D eigenvalue weighted by atomic mass is 10.0. The fraction of sp³-hybridized carbons (Fsp3) is 0.750. The molecular formula is C32H54O4. The zero-order valence-corrected chi connectivity index (χ0v) is 23.4. The molecule has 0 spiro atoms. The van der Waals surface area contributed by atoms with Crippen molar-refractivity contribution in [2.24, 2.45) is 0 Å². The van der Waals surface area contributed by atoms with E-state index in [1.807, 2.05) is 6.07 Å². The number of methoxy groups -OCH3 is 1. The number of ether oxygens (including phenoxy) is 2. The van der Waals surface area contributed by atoms with Gasteiger partial charge in [0.25, 0.3) is 0 Å². The van der Waals surface area contributed by atoms with Crippen molar-refractivity contribution in [3.05, 3.63) is 35.9 Å². The molecule has 1 rings (SSSR count). The topological polar surface area (TPSA) is 52.6 Å². The van der Waals surface area contributed by atoms with E-state index in [2.05, 4.69) is 6.92 Å². The van der Waals surface area contributed by atoms with E-state index >= 15 is 0 Å². The lowest BCUT2D eigenvalue weighted by Gasteiger charge is -2.15. The summed E-state index contributed by atoms with van der Waals surface area (Å²) in [7, 11) is 1.34. The second kappa shape index (κ2) is 23.6. The van der Waals surface area contributed by atoms with E-state index in [1.165, 1.54) is 123 Å². The lowest BCUT2D eigenvalue weighted by Crippen LogP contribution is -2.28. The van der Waals surface area contributed by atoms with Crippen molar-refractivity contribution in [1.82, 2.24) is 0 Å². The first-order chi connectivity index (χ1) is 17.7. The van der Waals surface area contributed by atoms with Gasteiger partial charge in [-0.2, -0.15) is 0 Å². The molecule has 0 aromatic heterocycles. The number of benzene rings is 1. The Morgan fingerprint density at radius 3 is 1.39 bits per heavy atom. The van der Waals surface area contributed by atoms with Crippen molar-refractivity contribution in [3.63, 3.8) is 0 Å². The van der Waals surface area contributed by atoms with E-state index in [4.69, 9.17) is 9.47 Å². The normalized spacial score (nSPS) is 11.8. The Hall–Kier alpha value is -1.84. The van der Waals surface area contributed by atoms with E-state index in [-0.39, 0.29) is 0 Å². The van der Waals surface area contributed by atoms with Crippen LogP contribution < -0.4 is 0 Å². The monoisotopic (exact) mass is 502 g/mol. The summed E-state index contributed by atoms with van der Waals surface area (Å²) in [6.07, 6.45) is 26.4. The third-order valence-corrected chi connectivity index (χ3v) is 7.04. The highest BCUT2D eigenvalue weighted by atomic mass is 16.6. The summed E-state index contributed by atoms with van der Waals surface area (Å²) < 4.78 is 10.2. The van der Waals surface area contributed by atoms with Crippen molar-refractivity contribution in [2.45, 2.75) is 148 Å². The number of carbonyl (C=O) groups is 2. The molecule has 0 N–H and O–H groups in total. The van der Waals surface area contributed by atoms with Crippen molar-refractivity contribution in [3.8, 4) is 0 Å². The molecule has 4 heteroatoms. The first-order valence-electron chi connectivity index (χ1n) is 15.0. The Balaban J connectivity index is 1.91. The number of rotatable bonds is 24. The molecule has 4 nitrogen and oxygen atoms in total. The smallest absolute Gasteiger partial charge is 0.347 e. The van der Waals surface area contributed by atoms with Crippen molar-refractivity contribution in [2.75, 3.05) is 7.11 Å². The molecule has 0 unspecified atom stereocenters. The summed E-state index contributed by atoms with van der Waals surface area (Å²) in [4.78, 5) is 24.3. The molecule has 0 aliphatic rings. The summed E-state index contributed by atoms with van der Waals surface area (Å²) in [6.45, 7) is 2.28. The first-order valence-corrected chi connectivity index (χ1v) is 15.0. The Morgan fingerprint density at radius 2 is 1.00 bits per heavy atom. The van der Waals surface area contributed by atoms with Gasteiger partial charge in [0.1, 0.15) is 0 Å². The van der Waals surface area contributed by atoms with E-state index in [9.17, 15) is 9.59 Å². The SMILES string of the molecule is CCCCCCCCCCCCCCCCCCCCCC[C@H](OC(=O)c1ccccc1)C(=O)OC. The molecular weight excluding hydrogens is 448 g/mol. The number of esters is 2. The quantitative estimate of drug-likeness (QED) is 0.104. The van der Waals surface area contributed by atoms with Gasteiger partial charge in [-0.05, 0) is 25.0 Å². The van der Waals surface area contributed by atoms with Gasteiger partial charge in [-0.1, -0.05) is 147 Å². The zero-order chi connectivity index (χ0) is 26.1. The van der Waals surface area contributed by atoms with Crippen LogP contribution in [0.3, 0.4) is 0 Å². The lowest BCUT2D eigenvalue weighted by molar-refractivity contribution is -0.151. The van der Waals surface area contributed by atoms with Gasteiger partial charge in [-0.3, -0.25) is 0 Å². The van der Waals surface area contributed by atoms with Crippen molar-refractivity contribution < 1.29 is 19.1 Å². The van der Waals surface area contributed by atoms with Gasteiger partial charge in [0, 0.05) is 0 Å². The minimum Gasteiger partial charge on any atom is -0.466 e.